The van der Waals surface area contributed by atoms with Crippen LogP contribution in [-0.2, 0) is 27.0 Å². The minimum Gasteiger partial charge on any atom is -0.480 e. The molecule has 178 valence electrons. The van der Waals surface area contributed by atoms with Crippen molar-refractivity contribution in [3.8, 4) is 0 Å². The molecule has 1 aliphatic carbocycles. The van der Waals surface area contributed by atoms with Crippen LogP contribution >= 0.6 is 35.1 Å². The Morgan fingerprint density at radius 1 is 1.24 bits per heavy atom. The van der Waals surface area contributed by atoms with Gasteiger partial charge >= 0.3 is 5.97 Å². The molecule has 0 amide bonds. The third-order valence-corrected chi connectivity index (χ3v) is 9.13. The average molecular weight is 540 g/mol. The van der Waals surface area contributed by atoms with Crippen molar-refractivity contribution in [1.29, 1.82) is 0 Å². The molecular weight excluding hydrogens is 521 g/mol. The van der Waals surface area contributed by atoms with Gasteiger partial charge < -0.3 is 5.11 Å². The number of aliphatic carboxylic acids is 1. The van der Waals surface area contributed by atoms with Crippen molar-refractivity contribution >= 4 is 55.5 Å². The molecule has 2 heterocycles. The van der Waals surface area contributed by atoms with Gasteiger partial charge in [-0.2, -0.15) is 4.72 Å². The molecule has 4 rings (SSSR count). The van der Waals surface area contributed by atoms with E-state index in [0.717, 1.165) is 34.3 Å². The van der Waals surface area contributed by atoms with E-state index in [-0.39, 0.29) is 22.6 Å². The monoisotopic (exact) mass is 539 g/mol. The van der Waals surface area contributed by atoms with Crippen LogP contribution in [0.15, 0.2) is 75.6 Å². The van der Waals surface area contributed by atoms with Crippen molar-refractivity contribution in [2.24, 2.45) is 4.99 Å². The number of hydrogen-bond donors (Lipinski definition) is 2. The van der Waals surface area contributed by atoms with E-state index in [9.17, 15) is 22.7 Å². The molecule has 0 bridgehead atoms. The van der Waals surface area contributed by atoms with Gasteiger partial charge in [0.15, 0.2) is 0 Å². The molecule has 3 unspecified atom stereocenters. The maximum atomic E-state index is 13.1. The van der Waals surface area contributed by atoms with Crippen LogP contribution in [0.4, 0.5) is 4.39 Å². The highest BCUT2D eigenvalue weighted by molar-refractivity contribution is 8.39. The molecule has 0 saturated carbocycles. The third-order valence-electron chi connectivity index (χ3n) is 4.94. The molecular formula is C22H19ClFN3O4S3. The lowest BCUT2D eigenvalue weighted by molar-refractivity contribution is -0.138. The van der Waals surface area contributed by atoms with Crippen molar-refractivity contribution in [2.75, 3.05) is 0 Å². The zero-order valence-corrected chi connectivity index (χ0v) is 20.7. The van der Waals surface area contributed by atoms with Crippen LogP contribution in [0.3, 0.4) is 0 Å². The Balaban J connectivity index is 1.40. The molecule has 1 aliphatic heterocycles. The summed E-state index contributed by atoms with van der Waals surface area (Å²) >= 11 is 9.24. The fraction of sp³-hybridized carbons (Fsp3) is 0.227. The van der Waals surface area contributed by atoms with Gasteiger partial charge in [-0.05, 0) is 48.6 Å². The number of aliphatic imine (C=N–C) groups is 1. The molecule has 12 heteroatoms. The number of nitrogens with zero attached hydrogens (tertiary/aromatic N) is 2. The second-order valence-electron chi connectivity index (χ2n) is 7.46. The van der Waals surface area contributed by atoms with Gasteiger partial charge in [-0.1, -0.05) is 47.3 Å². The molecule has 7 nitrogen and oxygen atoms in total. The summed E-state index contributed by atoms with van der Waals surface area (Å²) in [4.78, 5) is 20.7. The predicted octanol–water partition coefficient (Wildman–Crippen LogP) is 3.96. The standard InChI is InChI=1S/C22H19ClFN3O4S3/c23-13-4-9-20-18(10-13)26-22(33-20)32-12-16-3-1-2-15(25-16)11-19(21(28)29)27-34(30,31)17-7-5-14(24)6-8-17/h1-10,18-20,27H,11-12H2,(H,28,29). The van der Waals surface area contributed by atoms with Crippen LogP contribution in [0.5, 0.6) is 0 Å². The number of carboxylic acids is 1. The molecule has 0 radical (unpaired) electrons. The van der Waals surface area contributed by atoms with Crippen LogP contribution in [-0.4, -0.2) is 46.2 Å². The van der Waals surface area contributed by atoms with E-state index in [1.54, 1.807) is 23.9 Å². The highest BCUT2D eigenvalue weighted by atomic mass is 35.5. The summed E-state index contributed by atoms with van der Waals surface area (Å²) in [5.74, 6) is -1.41. The number of pyridine rings is 1. The van der Waals surface area contributed by atoms with Gasteiger partial charge in [-0.15, -0.1) is 0 Å². The number of nitrogens with one attached hydrogen (secondary N) is 1. The van der Waals surface area contributed by atoms with Crippen molar-refractivity contribution in [3.63, 3.8) is 0 Å². The third kappa shape index (κ3) is 6.28. The van der Waals surface area contributed by atoms with Crippen molar-refractivity contribution in [3.05, 3.63) is 82.9 Å². The smallest absolute Gasteiger partial charge is 0.322 e. The first-order valence-corrected chi connectivity index (χ1v) is 13.8. The molecule has 0 spiro atoms. The number of hydrogen-bond acceptors (Lipinski definition) is 7. The normalized spacial score (nSPS) is 20.4. The summed E-state index contributed by atoms with van der Waals surface area (Å²) < 4.78 is 41.3. The number of benzene rings is 1. The fourth-order valence-corrected chi connectivity index (χ4v) is 6.94. The second kappa shape index (κ2) is 10.6. The molecule has 3 atom stereocenters. The molecule has 34 heavy (non-hydrogen) atoms. The van der Waals surface area contributed by atoms with Crippen molar-refractivity contribution in [1.82, 2.24) is 9.71 Å². The summed E-state index contributed by atoms with van der Waals surface area (Å²) in [6, 6.07) is 7.94. The second-order valence-corrected chi connectivity index (χ2v) is 12.0. The predicted molar refractivity (Wildman–Crippen MR) is 133 cm³/mol. The molecule has 2 aliphatic rings. The Morgan fingerprint density at radius 2 is 1.97 bits per heavy atom. The van der Waals surface area contributed by atoms with Crippen LogP contribution < -0.4 is 4.72 Å². The summed E-state index contributed by atoms with van der Waals surface area (Å²) in [5.41, 5.74) is 1.15. The lowest BCUT2D eigenvalue weighted by Gasteiger charge is -2.15. The maximum Gasteiger partial charge on any atom is 0.322 e. The topological polar surface area (TPSA) is 109 Å². The Morgan fingerprint density at radius 3 is 2.71 bits per heavy atom. The van der Waals surface area contributed by atoms with Crippen LogP contribution in [0.25, 0.3) is 0 Å². The molecule has 2 N–H and O–H groups in total. The van der Waals surface area contributed by atoms with Gasteiger partial charge in [-0.25, -0.2) is 12.8 Å². The Bertz CT molecular complexity index is 1280. The zero-order valence-electron chi connectivity index (χ0n) is 17.5. The molecule has 2 aromatic rings. The van der Waals surface area contributed by atoms with E-state index in [1.807, 2.05) is 24.3 Å². The van der Waals surface area contributed by atoms with Crippen molar-refractivity contribution in [2.45, 2.75) is 34.4 Å². The number of fused-ring (bicyclic) bond motifs is 1. The first-order valence-electron chi connectivity index (χ1n) is 10.1. The summed E-state index contributed by atoms with van der Waals surface area (Å²) in [6.45, 7) is 0. The first-order chi connectivity index (χ1) is 16.2. The number of rotatable bonds is 8. The highest BCUT2D eigenvalue weighted by Gasteiger charge is 2.29. The quantitative estimate of drug-likeness (QED) is 0.522. The first kappa shape index (κ1) is 24.9. The van der Waals surface area contributed by atoms with E-state index < -0.39 is 27.9 Å². The number of halogens is 2. The lowest BCUT2D eigenvalue weighted by Crippen LogP contribution is -2.42. The van der Waals surface area contributed by atoms with Gasteiger partial charge in [0.1, 0.15) is 16.2 Å². The maximum absolute atomic E-state index is 13.1. The number of carboxylic acid groups (broad SMARTS) is 1. The molecule has 0 fully saturated rings. The van der Waals surface area contributed by atoms with Gasteiger partial charge in [-0.3, -0.25) is 14.8 Å². The van der Waals surface area contributed by atoms with E-state index >= 15 is 0 Å². The Labute approximate surface area is 209 Å². The van der Waals surface area contributed by atoms with Crippen LogP contribution in [0.2, 0.25) is 0 Å². The molecule has 1 aromatic carbocycles. The Hall–Kier alpha value is -2.18. The Kier molecular flexibility index (Phi) is 7.78. The number of thioether (sulfide) groups is 2. The summed E-state index contributed by atoms with van der Waals surface area (Å²) in [6.07, 6.45) is 5.67. The zero-order chi connectivity index (χ0) is 24.3. The number of sulfonamides is 1. The largest absolute Gasteiger partial charge is 0.480 e. The summed E-state index contributed by atoms with van der Waals surface area (Å²) in [5, 5.41) is 10.5. The molecule has 1 aromatic heterocycles. The number of aromatic nitrogens is 1. The van der Waals surface area contributed by atoms with Gasteiger partial charge in [0.05, 0.1) is 21.9 Å². The number of allylic oxidation sites excluding steroid dienone is 2. The van der Waals surface area contributed by atoms with Crippen molar-refractivity contribution < 1.29 is 22.7 Å². The minimum absolute atomic E-state index is 0.0229. The van der Waals surface area contributed by atoms with E-state index in [0.29, 0.717) is 16.5 Å². The van der Waals surface area contributed by atoms with Crippen LogP contribution in [0, 0.1) is 5.82 Å². The summed E-state index contributed by atoms with van der Waals surface area (Å²) in [7, 11) is -4.15. The SMILES string of the molecule is O=C(O)C(Cc1cccc(CSC2=NC3C=C(Cl)C=CC3S2)n1)NS(=O)(=O)c1ccc(F)cc1. The van der Waals surface area contributed by atoms with E-state index in [4.69, 9.17) is 11.6 Å². The van der Waals surface area contributed by atoms with Gasteiger partial charge in [0, 0.05) is 22.9 Å². The average Bonchev–Trinajstić information content (AvgIpc) is 3.19. The fourth-order valence-electron chi connectivity index (χ4n) is 3.29. The minimum atomic E-state index is -4.15. The highest BCUT2D eigenvalue weighted by Crippen LogP contribution is 2.37. The molecule has 0 saturated heterocycles. The van der Waals surface area contributed by atoms with Gasteiger partial charge in [0.25, 0.3) is 0 Å². The van der Waals surface area contributed by atoms with Gasteiger partial charge in [0.2, 0.25) is 10.0 Å². The lowest BCUT2D eigenvalue weighted by atomic mass is 10.1. The number of carbonyl (C=O) groups is 1. The van der Waals surface area contributed by atoms with E-state index in [1.165, 1.54) is 11.8 Å². The van der Waals surface area contributed by atoms with Crippen LogP contribution in [0.1, 0.15) is 11.4 Å². The van der Waals surface area contributed by atoms with E-state index in [2.05, 4.69) is 14.7 Å².